The van der Waals surface area contributed by atoms with Crippen LogP contribution in [0.3, 0.4) is 0 Å². The number of rotatable bonds is 4. The van der Waals surface area contributed by atoms with Crippen LogP contribution in [0.25, 0.3) is 0 Å². The number of aliphatic hydroxyl groups is 3. The molecule has 0 bridgehead atoms. The fourth-order valence-electron chi connectivity index (χ4n) is 1.56. The molecular weight excluding hydrogens is 240 g/mol. The van der Waals surface area contributed by atoms with Gasteiger partial charge < -0.3 is 29.7 Å². The fourth-order valence-corrected chi connectivity index (χ4v) is 1.90. The third kappa shape index (κ3) is 2.84. The van der Waals surface area contributed by atoms with E-state index in [0.29, 0.717) is 12.0 Å². The minimum atomic E-state index is -1.66. The second-order valence-corrected chi connectivity index (χ2v) is 4.19. The highest BCUT2D eigenvalue weighted by atomic mass is 32.2. The Hall–Kier alpha value is -0.380. The Morgan fingerprint density at radius 3 is 2.31 bits per heavy atom. The van der Waals surface area contributed by atoms with Crippen molar-refractivity contribution in [1.29, 1.82) is 0 Å². The topological polar surface area (TPSA) is 127 Å². The molecular formula is C8H14O7S. The molecule has 0 radical (unpaired) electrons. The van der Waals surface area contributed by atoms with E-state index in [0.717, 1.165) is 0 Å². The first kappa shape index (κ1) is 13.7. The van der Waals surface area contributed by atoms with Crippen molar-refractivity contribution >= 4 is 18.0 Å². The maximum absolute atomic E-state index is 10.7. The predicted molar refractivity (Wildman–Crippen MR) is 54.0 cm³/mol. The molecule has 0 aromatic carbocycles. The Morgan fingerprint density at radius 2 is 1.81 bits per heavy atom. The first-order valence-corrected chi connectivity index (χ1v) is 5.62. The summed E-state index contributed by atoms with van der Waals surface area (Å²) in [7, 11) is 0. The van der Waals surface area contributed by atoms with E-state index < -0.39 is 36.5 Å². The highest BCUT2D eigenvalue weighted by molar-refractivity contribution is 7.93. The van der Waals surface area contributed by atoms with Crippen LogP contribution in [-0.4, -0.2) is 67.2 Å². The van der Waals surface area contributed by atoms with Crippen LogP contribution in [0.15, 0.2) is 0 Å². The molecule has 1 aliphatic heterocycles. The molecule has 5 atom stereocenters. The summed E-state index contributed by atoms with van der Waals surface area (Å²) < 4.78 is 13.5. The number of hydrogen-bond acceptors (Lipinski definition) is 7. The number of hydrogen-bond donors (Lipinski definition) is 5. The van der Waals surface area contributed by atoms with E-state index in [2.05, 4.69) is 0 Å². The van der Waals surface area contributed by atoms with Crippen molar-refractivity contribution in [3.8, 4) is 0 Å². The van der Waals surface area contributed by atoms with E-state index in [9.17, 15) is 20.1 Å². The van der Waals surface area contributed by atoms with E-state index in [1.54, 1.807) is 0 Å². The predicted octanol–water partition coefficient (Wildman–Crippen LogP) is -1.48. The molecule has 1 heterocycles. The Kier molecular flexibility index (Phi) is 4.96. The maximum atomic E-state index is 10.7. The summed E-state index contributed by atoms with van der Waals surface area (Å²) in [6.07, 6.45) is -6.89. The molecule has 0 spiro atoms. The minimum Gasteiger partial charge on any atom is -0.479 e. The highest BCUT2D eigenvalue weighted by Crippen LogP contribution is 2.24. The zero-order chi connectivity index (χ0) is 12.3. The van der Waals surface area contributed by atoms with Crippen molar-refractivity contribution in [2.45, 2.75) is 36.9 Å². The van der Waals surface area contributed by atoms with Gasteiger partial charge in [-0.2, -0.15) is 0 Å². The summed E-state index contributed by atoms with van der Waals surface area (Å²) in [6.45, 7) is 0. The molecule has 1 aliphatic rings. The Balaban J connectivity index is 2.69. The molecule has 5 N–H and O–H groups in total. The number of ether oxygens (including phenoxy) is 1. The lowest BCUT2D eigenvalue weighted by atomic mass is 9.94. The van der Waals surface area contributed by atoms with E-state index in [1.807, 2.05) is 0 Å². The van der Waals surface area contributed by atoms with Gasteiger partial charge in [-0.05, 0) is 18.5 Å². The molecule has 0 amide bonds. The molecule has 0 saturated carbocycles. The molecule has 7 nitrogen and oxygen atoms in total. The van der Waals surface area contributed by atoms with Crippen LogP contribution >= 0.6 is 12.0 Å². The smallest absolute Gasteiger partial charge is 0.335 e. The van der Waals surface area contributed by atoms with Gasteiger partial charge in [0.1, 0.15) is 18.3 Å². The zero-order valence-corrected chi connectivity index (χ0v) is 9.08. The summed E-state index contributed by atoms with van der Waals surface area (Å²) in [5.41, 5.74) is 0. The second-order valence-electron chi connectivity index (χ2n) is 3.53. The van der Waals surface area contributed by atoms with Crippen molar-refractivity contribution in [3.05, 3.63) is 0 Å². The minimum absolute atomic E-state index is 0.176. The van der Waals surface area contributed by atoms with Crippen LogP contribution in [0.4, 0.5) is 0 Å². The van der Waals surface area contributed by atoms with Crippen LogP contribution < -0.4 is 0 Å². The van der Waals surface area contributed by atoms with Crippen LogP contribution in [0.5, 0.6) is 0 Å². The average molecular weight is 254 g/mol. The first-order valence-electron chi connectivity index (χ1n) is 4.68. The number of aliphatic hydroxyl groups excluding tert-OH is 3. The van der Waals surface area contributed by atoms with Crippen molar-refractivity contribution in [1.82, 2.24) is 0 Å². The summed E-state index contributed by atoms with van der Waals surface area (Å²) in [6, 6.07) is 0. The van der Waals surface area contributed by atoms with E-state index >= 15 is 0 Å². The van der Waals surface area contributed by atoms with Gasteiger partial charge in [-0.1, -0.05) is 0 Å². The van der Waals surface area contributed by atoms with Gasteiger partial charge >= 0.3 is 5.97 Å². The van der Waals surface area contributed by atoms with Gasteiger partial charge in [-0.3, -0.25) is 0 Å². The monoisotopic (exact) mass is 254 g/mol. The van der Waals surface area contributed by atoms with Crippen LogP contribution in [0.2, 0.25) is 0 Å². The third-order valence-corrected chi connectivity index (χ3v) is 2.87. The second kappa shape index (κ2) is 5.80. The van der Waals surface area contributed by atoms with Crippen LogP contribution in [-0.2, 0) is 9.53 Å². The van der Waals surface area contributed by atoms with Crippen molar-refractivity contribution in [2.24, 2.45) is 0 Å². The Labute approximate surface area is 95.9 Å². The number of carboxylic acid groups (broad SMARTS) is 1. The highest BCUT2D eigenvalue weighted by Gasteiger charge is 2.46. The summed E-state index contributed by atoms with van der Waals surface area (Å²) in [5, 5.41) is 37.0. The van der Waals surface area contributed by atoms with Gasteiger partial charge in [-0.25, -0.2) is 4.79 Å². The van der Waals surface area contributed by atoms with E-state index in [4.69, 9.17) is 14.4 Å². The van der Waals surface area contributed by atoms with E-state index in [-0.39, 0.29) is 12.2 Å². The molecule has 0 aromatic heterocycles. The van der Waals surface area contributed by atoms with E-state index in [1.165, 1.54) is 0 Å². The lowest BCUT2D eigenvalue weighted by molar-refractivity contribution is -0.227. The first-order chi connectivity index (χ1) is 7.49. The lowest BCUT2D eigenvalue weighted by Gasteiger charge is -2.38. The van der Waals surface area contributed by atoms with Gasteiger partial charge in [0.05, 0.1) is 6.10 Å². The summed E-state index contributed by atoms with van der Waals surface area (Å²) in [4.78, 5) is 10.7. The Morgan fingerprint density at radius 1 is 1.19 bits per heavy atom. The van der Waals surface area contributed by atoms with Crippen molar-refractivity contribution < 1.29 is 34.5 Å². The number of carbonyl (C=O) groups is 1. The maximum Gasteiger partial charge on any atom is 0.335 e. The summed E-state index contributed by atoms with van der Waals surface area (Å²) in [5.74, 6) is -1.17. The standard InChI is InChI=1S/C8H14O7S/c9-4-3(1-2-16-14)15-7(8(12)13)6(11)5(4)10/h3-7,9-11,14H,1-2H2,(H,12,13)/t3?,4-,5+,6-,7-/m0/s1. The Bertz CT molecular complexity index is 249. The van der Waals surface area contributed by atoms with Crippen molar-refractivity contribution in [3.63, 3.8) is 0 Å². The number of aliphatic carboxylic acids is 1. The summed E-state index contributed by atoms with van der Waals surface area (Å²) >= 11 is 0.526. The fraction of sp³-hybridized carbons (Fsp3) is 0.875. The molecule has 1 saturated heterocycles. The van der Waals surface area contributed by atoms with Gasteiger partial charge in [-0.15, -0.1) is 0 Å². The molecule has 1 fully saturated rings. The SMILES string of the molecule is O=C(O)[C@H]1OC(CCSO)[C@H](O)[C@@H](O)[C@@H]1O. The van der Waals surface area contributed by atoms with Gasteiger partial charge in [0.25, 0.3) is 0 Å². The average Bonchev–Trinajstić information content (AvgIpc) is 2.24. The van der Waals surface area contributed by atoms with Crippen molar-refractivity contribution in [2.75, 3.05) is 5.75 Å². The normalized spacial score (nSPS) is 39.6. The van der Waals surface area contributed by atoms with Crippen LogP contribution in [0, 0.1) is 0 Å². The van der Waals surface area contributed by atoms with Crippen LogP contribution in [0.1, 0.15) is 6.42 Å². The molecule has 0 aliphatic carbocycles. The molecule has 1 unspecified atom stereocenters. The zero-order valence-electron chi connectivity index (χ0n) is 8.26. The van der Waals surface area contributed by atoms with Gasteiger partial charge in [0.15, 0.2) is 6.10 Å². The van der Waals surface area contributed by atoms with Gasteiger partial charge in [0.2, 0.25) is 0 Å². The molecule has 0 aromatic rings. The lowest BCUT2D eigenvalue weighted by Crippen LogP contribution is -2.59. The molecule has 8 heteroatoms. The van der Waals surface area contributed by atoms with Gasteiger partial charge in [0, 0.05) is 5.75 Å². The molecule has 16 heavy (non-hydrogen) atoms. The molecule has 1 rings (SSSR count). The molecule has 94 valence electrons. The number of carboxylic acids is 1. The largest absolute Gasteiger partial charge is 0.479 e. The quantitative estimate of drug-likeness (QED) is 0.384. The third-order valence-electron chi connectivity index (χ3n) is 2.45.